The maximum Gasteiger partial charge on any atom is 0.227 e. The maximum absolute atomic E-state index is 15.3. The molecule has 0 spiro atoms. The van der Waals surface area contributed by atoms with Gasteiger partial charge in [0.15, 0.2) is 0 Å². The highest BCUT2D eigenvalue weighted by atomic mass is 32.2. The van der Waals surface area contributed by atoms with Crippen molar-refractivity contribution in [1.82, 2.24) is 9.97 Å². The number of aryl methyl sites for hydroxylation is 1. The van der Waals surface area contributed by atoms with Gasteiger partial charge in [-0.3, -0.25) is 4.21 Å². The molecule has 1 aromatic carbocycles. The van der Waals surface area contributed by atoms with Gasteiger partial charge in [0.25, 0.3) is 0 Å². The maximum atomic E-state index is 15.3. The summed E-state index contributed by atoms with van der Waals surface area (Å²) >= 11 is 0. The monoisotopic (exact) mass is 471 g/mol. The number of fused-ring (bicyclic) bond motifs is 2. The minimum atomic E-state index is -1.12. The van der Waals surface area contributed by atoms with Crippen LogP contribution in [-0.4, -0.2) is 56.8 Å². The number of aromatic nitrogens is 2. The Labute approximate surface area is 195 Å². The Morgan fingerprint density at radius 1 is 1.09 bits per heavy atom. The van der Waals surface area contributed by atoms with Gasteiger partial charge in [-0.05, 0) is 55.7 Å². The number of hydrogen-bond acceptors (Lipinski definition) is 7. The SMILES string of the molecule is O=[S@]1CCc2nc(N3CCc4c(ccc(N5CCCC5)c4F)C3)nc(NC3(CO)CCC3)c21. The Morgan fingerprint density at radius 3 is 2.64 bits per heavy atom. The van der Waals surface area contributed by atoms with Gasteiger partial charge in [-0.1, -0.05) is 6.07 Å². The Hall–Kier alpha value is -2.26. The van der Waals surface area contributed by atoms with E-state index in [1.54, 1.807) is 0 Å². The lowest BCUT2D eigenvalue weighted by molar-refractivity contribution is 0.143. The van der Waals surface area contributed by atoms with Crippen LogP contribution in [0, 0.1) is 5.82 Å². The van der Waals surface area contributed by atoms with Crippen molar-refractivity contribution in [3.63, 3.8) is 0 Å². The van der Waals surface area contributed by atoms with E-state index >= 15 is 4.39 Å². The van der Waals surface area contributed by atoms with Crippen molar-refractivity contribution >= 4 is 28.3 Å². The van der Waals surface area contributed by atoms with Gasteiger partial charge in [-0.2, -0.15) is 4.98 Å². The number of anilines is 3. The van der Waals surface area contributed by atoms with Crippen LogP contribution in [0.2, 0.25) is 0 Å². The molecule has 1 aliphatic carbocycles. The molecule has 3 aliphatic heterocycles. The molecule has 4 aliphatic rings. The summed E-state index contributed by atoms with van der Waals surface area (Å²) in [6.45, 7) is 3.08. The summed E-state index contributed by atoms with van der Waals surface area (Å²) in [6.07, 6.45) is 6.33. The summed E-state index contributed by atoms with van der Waals surface area (Å²) in [5.74, 6) is 1.68. The molecule has 176 valence electrons. The topological polar surface area (TPSA) is 81.6 Å². The number of aliphatic hydroxyl groups is 1. The highest BCUT2D eigenvalue weighted by molar-refractivity contribution is 7.85. The van der Waals surface area contributed by atoms with E-state index in [1.807, 2.05) is 6.07 Å². The van der Waals surface area contributed by atoms with Gasteiger partial charge < -0.3 is 20.2 Å². The summed E-state index contributed by atoms with van der Waals surface area (Å²) in [4.78, 5) is 14.5. The second-order valence-electron chi connectivity index (χ2n) is 9.77. The largest absolute Gasteiger partial charge is 0.394 e. The van der Waals surface area contributed by atoms with Crippen LogP contribution in [0.1, 0.15) is 48.9 Å². The number of hydrogen-bond donors (Lipinski definition) is 2. The van der Waals surface area contributed by atoms with Crippen LogP contribution in [0.5, 0.6) is 0 Å². The average Bonchev–Trinajstić information content (AvgIpc) is 3.46. The van der Waals surface area contributed by atoms with Crippen LogP contribution >= 0.6 is 0 Å². The molecule has 33 heavy (non-hydrogen) atoms. The van der Waals surface area contributed by atoms with Gasteiger partial charge in [0, 0.05) is 38.4 Å². The molecule has 2 fully saturated rings. The zero-order valence-electron chi connectivity index (χ0n) is 18.8. The Bertz CT molecular complexity index is 1110. The number of rotatable bonds is 5. The second kappa shape index (κ2) is 8.20. The van der Waals surface area contributed by atoms with Gasteiger partial charge in [-0.15, -0.1) is 0 Å². The molecular weight excluding hydrogens is 441 g/mol. The first-order valence-corrected chi connectivity index (χ1v) is 13.4. The summed E-state index contributed by atoms with van der Waals surface area (Å²) in [7, 11) is -1.12. The molecule has 2 aromatic rings. The third-order valence-corrected chi connectivity index (χ3v) is 9.17. The van der Waals surface area contributed by atoms with Gasteiger partial charge >= 0.3 is 0 Å². The van der Waals surface area contributed by atoms with Crippen molar-refractivity contribution in [2.45, 2.75) is 61.9 Å². The van der Waals surface area contributed by atoms with E-state index in [1.165, 1.54) is 0 Å². The van der Waals surface area contributed by atoms with Crippen molar-refractivity contribution in [1.29, 1.82) is 0 Å². The lowest BCUT2D eigenvalue weighted by Crippen LogP contribution is -2.48. The van der Waals surface area contributed by atoms with Crippen molar-refractivity contribution in [2.75, 3.05) is 47.1 Å². The predicted octanol–water partition coefficient (Wildman–Crippen LogP) is 2.77. The predicted molar refractivity (Wildman–Crippen MR) is 127 cm³/mol. The highest BCUT2D eigenvalue weighted by Gasteiger charge is 2.39. The van der Waals surface area contributed by atoms with Gasteiger partial charge in [0.05, 0.1) is 34.3 Å². The van der Waals surface area contributed by atoms with Crippen LogP contribution < -0.4 is 15.1 Å². The lowest BCUT2D eigenvalue weighted by Gasteiger charge is -2.41. The molecule has 1 saturated carbocycles. The van der Waals surface area contributed by atoms with E-state index in [9.17, 15) is 9.32 Å². The Balaban J connectivity index is 1.31. The van der Waals surface area contributed by atoms with E-state index in [0.717, 1.165) is 67.7 Å². The third-order valence-electron chi connectivity index (χ3n) is 7.72. The van der Waals surface area contributed by atoms with Gasteiger partial charge in [-0.25, -0.2) is 9.37 Å². The van der Waals surface area contributed by atoms with E-state index in [2.05, 4.69) is 21.2 Å². The molecule has 0 amide bonds. The molecular formula is C24H30FN5O2S. The quantitative estimate of drug-likeness (QED) is 0.694. The van der Waals surface area contributed by atoms with E-state index < -0.39 is 10.8 Å². The first kappa shape index (κ1) is 21.3. The smallest absolute Gasteiger partial charge is 0.227 e. The van der Waals surface area contributed by atoms with Crippen LogP contribution in [-0.2, 0) is 30.2 Å². The third kappa shape index (κ3) is 3.60. The Morgan fingerprint density at radius 2 is 1.91 bits per heavy atom. The zero-order valence-corrected chi connectivity index (χ0v) is 19.6. The molecule has 4 heterocycles. The fourth-order valence-electron chi connectivity index (χ4n) is 5.56. The number of nitrogens with one attached hydrogen (secondary N) is 1. The van der Waals surface area contributed by atoms with Crippen molar-refractivity contribution in [3.8, 4) is 0 Å². The van der Waals surface area contributed by atoms with Crippen LogP contribution in [0.3, 0.4) is 0 Å². The standard InChI is InChI=1S/C24H30FN5O2S/c25-20-17-6-12-30(14-16(17)4-5-19(20)29-10-1-2-11-29)23-26-18-7-13-33(32)21(18)22(27-23)28-24(15-31)8-3-9-24/h4-5,31H,1-3,6-15H2,(H,26,27,28)/t33-/m0/s1. The second-order valence-corrected chi connectivity index (χ2v) is 11.3. The van der Waals surface area contributed by atoms with E-state index in [0.29, 0.717) is 48.3 Å². The molecule has 1 aromatic heterocycles. The fourth-order valence-corrected chi connectivity index (χ4v) is 6.86. The summed E-state index contributed by atoms with van der Waals surface area (Å²) in [5, 5.41) is 13.4. The highest BCUT2D eigenvalue weighted by Crippen LogP contribution is 2.39. The van der Waals surface area contributed by atoms with E-state index in [-0.39, 0.29) is 18.0 Å². The molecule has 7 nitrogen and oxygen atoms in total. The number of halogens is 1. The average molecular weight is 472 g/mol. The summed E-state index contributed by atoms with van der Waals surface area (Å²) in [6, 6.07) is 3.97. The fraction of sp³-hybridized carbons (Fsp3) is 0.583. The zero-order chi connectivity index (χ0) is 22.6. The minimum Gasteiger partial charge on any atom is -0.394 e. The van der Waals surface area contributed by atoms with Crippen LogP contribution in [0.4, 0.5) is 21.8 Å². The molecule has 1 saturated heterocycles. The normalized spacial score (nSPS) is 23.3. The van der Waals surface area contributed by atoms with Gasteiger partial charge in [0.1, 0.15) is 16.5 Å². The van der Waals surface area contributed by atoms with E-state index in [4.69, 9.17) is 9.97 Å². The van der Waals surface area contributed by atoms with Crippen LogP contribution in [0.25, 0.3) is 0 Å². The minimum absolute atomic E-state index is 0.0312. The molecule has 2 N–H and O–H groups in total. The molecule has 6 rings (SSSR count). The Kier molecular flexibility index (Phi) is 5.29. The van der Waals surface area contributed by atoms with Crippen molar-refractivity contribution in [3.05, 3.63) is 34.8 Å². The molecule has 9 heteroatoms. The lowest BCUT2D eigenvalue weighted by atomic mass is 9.77. The van der Waals surface area contributed by atoms with Crippen LogP contribution in [0.15, 0.2) is 17.0 Å². The molecule has 1 atom stereocenters. The van der Waals surface area contributed by atoms with Crippen molar-refractivity contribution in [2.24, 2.45) is 0 Å². The number of aliphatic hydroxyl groups excluding tert-OH is 1. The number of benzene rings is 1. The summed E-state index contributed by atoms with van der Waals surface area (Å²) in [5.41, 5.74) is 2.97. The first-order chi connectivity index (χ1) is 16.1. The number of nitrogens with zero attached hydrogens (tertiary/aromatic N) is 4. The van der Waals surface area contributed by atoms with Gasteiger partial charge in [0.2, 0.25) is 5.95 Å². The molecule has 0 unspecified atom stereocenters. The first-order valence-electron chi connectivity index (χ1n) is 12.1. The molecule has 0 radical (unpaired) electrons. The van der Waals surface area contributed by atoms with Crippen molar-refractivity contribution < 1.29 is 13.7 Å². The molecule has 0 bridgehead atoms. The summed E-state index contributed by atoms with van der Waals surface area (Å²) < 4.78 is 28.0.